The molecule has 2 heterocycles. The second kappa shape index (κ2) is 8.11. The third kappa shape index (κ3) is 3.76. The zero-order chi connectivity index (χ0) is 21.5. The number of sulfonamides is 1. The molecular formula is C21H28N4O4S. The van der Waals surface area contributed by atoms with Crippen molar-refractivity contribution in [3.05, 3.63) is 46.1 Å². The second-order valence-corrected chi connectivity index (χ2v) is 10.3. The van der Waals surface area contributed by atoms with Gasteiger partial charge in [-0.3, -0.25) is 9.36 Å². The standard InChI is InChI=1S/C21H28N4O4S/c1-15(26)16-7-9-19(10-8-16)30(28,29)24-13-11-17(12-14-24)20-22-23(2)21(27)25(20)18-5-3-4-6-18/h7-10,17-18H,3-6,11-14H2,1-2H3. The average molecular weight is 433 g/mol. The summed E-state index contributed by atoms with van der Waals surface area (Å²) in [6.45, 7) is 2.23. The number of carbonyl (C=O) groups excluding carboxylic acids is 1. The molecule has 0 spiro atoms. The van der Waals surface area contributed by atoms with Crippen molar-refractivity contribution in [2.75, 3.05) is 13.1 Å². The van der Waals surface area contributed by atoms with Gasteiger partial charge in [0.25, 0.3) is 0 Å². The van der Waals surface area contributed by atoms with E-state index in [1.165, 1.54) is 28.0 Å². The van der Waals surface area contributed by atoms with Gasteiger partial charge in [0.1, 0.15) is 5.82 Å². The Balaban J connectivity index is 1.51. The highest BCUT2D eigenvalue weighted by atomic mass is 32.2. The van der Waals surface area contributed by atoms with Crippen LogP contribution >= 0.6 is 0 Å². The minimum Gasteiger partial charge on any atom is -0.295 e. The molecule has 1 aromatic heterocycles. The summed E-state index contributed by atoms with van der Waals surface area (Å²) in [4.78, 5) is 24.3. The van der Waals surface area contributed by atoms with Gasteiger partial charge in [0.2, 0.25) is 10.0 Å². The van der Waals surface area contributed by atoms with Crippen molar-refractivity contribution < 1.29 is 13.2 Å². The first-order chi connectivity index (χ1) is 14.3. The van der Waals surface area contributed by atoms with Crippen molar-refractivity contribution in [3.8, 4) is 0 Å². The molecule has 0 radical (unpaired) electrons. The molecule has 2 aromatic rings. The van der Waals surface area contributed by atoms with Crippen LogP contribution in [0.3, 0.4) is 0 Å². The van der Waals surface area contributed by atoms with E-state index < -0.39 is 10.0 Å². The number of nitrogens with zero attached hydrogens (tertiary/aromatic N) is 4. The Hall–Kier alpha value is -2.26. The van der Waals surface area contributed by atoms with E-state index in [-0.39, 0.29) is 28.3 Å². The van der Waals surface area contributed by atoms with E-state index in [2.05, 4.69) is 5.10 Å². The predicted molar refractivity (Wildman–Crippen MR) is 112 cm³/mol. The molecule has 2 fully saturated rings. The molecule has 2 aliphatic rings. The quantitative estimate of drug-likeness (QED) is 0.677. The van der Waals surface area contributed by atoms with Gasteiger partial charge in [0, 0.05) is 37.7 Å². The molecule has 1 aliphatic carbocycles. The minimum absolute atomic E-state index is 0.0717. The third-order valence-electron chi connectivity index (χ3n) is 6.39. The summed E-state index contributed by atoms with van der Waals surface area (Å²) in [6, 6.07) is 6.30. The van der Waals surface area contributed by atoms with Crippen LogP contribution in [-0.2, 0) is 17.1 Å². The monoisotopic (exact) mass is 432 g/mol. The van der Waals surface area contributed by atoms with Crippen LogP contribution in [0.25, 0.3) is 0 Å². The molecule has 30 heavy (non-hydrogen) atoms. The van der Waals surface area contributed by atoms with Crippen molar-refractivity contribution in [2.24, 2.45) is 7.05 Å². The molecule has 0 N–H and O–H groups in total. The summed E-state index contributed by atoms with van der Waals surface area (Å²) in [5.74, 6) is 0.784. The highest BCUT2D eigenvalue weighted by Gasteiger charge is 2.34. The number of aryl methyl sites for hydroxylation is 1. The van der Waals surface area contributed by atoms with Crippen LogP contribution in [0.1, 0.15) is 73.6 Å². The van der Waals surface area contributed by atoms with Crippen LogP contribution in [0.15, 0.2) is 34.0 Å². The fraction of sp³-hybridized carbons (Fsp3) is 0.571. The Bertz CT molecular complexity index is 1090. The van der Waals surface area contributed by atoms with Crippen LogP contribution < -0.4 is 5.69 Å². The van der Waals surface area contributed by atoms with Gasteiger partial charge in [0.05, 0.1) is 4.90 Å². The number of rotatable bonds is 5. The Morgan fingerprint density at radius 3 is 2.20 bits per heavy atom. The largest absolute Gasteiger partial charge is 0.345 e. The Morgan fingerprint density at radius 1 is 1.03 bits per heavy atom. The zero-order valence-electron chi connectivity index (χ0n) is 17.5. The third-order valence-corrected chi connectivity index (χ3v) is 8.30. The normalized spacial score (nSPS) is 19.4. The molecule has 8 nitrogen and oxygen atoms in total. The van der Waals surface area contributed by atoms with E-state index in [0.717, 1.165) is 31.5 Å². The van der Waals surface area contributed by atoms with Gasteiger partial charge in [-0.15, -0.1) is 0 Å². The summed E-state index contributed by atoms with van der Waals surface area (Å²) in [7, 11) is -1.93. The second-order valence-electron chi connectivity index (χ2n) is 8.33. The smallest absolute Gasteiger partial charge is 0.295 e. The molecular weight excluding hydrogens is 404 g/mol. The predicted octanol–water partition coefficient (Wildman–Crippen LogP) is 2.47. The lowest BCUT2D eigenvalue weighted by atomic mass is 9.97. The SMILES string of the molecule is CC(=O)c1ccc(S(=O)(=O)N2CCC(c3nn(C)c(=O)n3C3CCCC3)CC2)cc1. The minimum atomic E-state index is -3.61. The summed E-state index contributed by atoms with van der Waals surface area (Å²) < 4.78 is 30.8. The number of Topliss-reactive ketones (excluding diaryl/α,β-unsaturated/α-hetero) is 1. The molecule has 162 valence electrons. The van der Waals surface area contributed by atoms with Crippen molar-refractivity contribution in [2.45, 2.75) is 62.3 Å². The molecule has 1 saturated heterocycles. The number of hydrogen-bond donors (Lipinski definition) is 0. The molecule has 1 aliphatic heterocycles. The van der Waals surface area contributed by atoms with E-state index in [1.54, 1.807) is 19.2 Å². The summed E-state index contributed by atoms with van der Waals surface area (Å²) >= 11 is 0. The van der Waals surface area contributed by atoms with E-state index in [9.17, 15) is 18.0 Å². The fourth-order valence-corrected chi connectivity index (χ4v) is 6.12. The molecule has 1 aromatic carbocycles. The van der Waals surface area contributed by atoms with Gasteiger partial charge in [-0.1, -0.05) is 25.0 Å². The summed E-state index contributed by atoms with van der Waals surface area (Å²) in [5.41, 5.74) is 0.421. The molecule has 0 unspecified atom stereocenters. The van der Waals surface area contributed by atoms with Crippen molar-refractivity contribution in [3.63, 3.8) is 0 Å². The topological polar surface area (TPSA) is 94.3 Å². The van der Waals surface area contributed by atoms with Crippen molar-refractivity contribution in [1.29, 1.82) is 0 Å². The van der Waals surface area contributed by atoms with Crippen molar-refractivity contribution in [1.82, 2.24) is 18.7 Å². The van der Waals surface area contributed by atoms with Crippen LogP contribution in [0.2, 0.25) is 0 Å². The zero-order valence-corrected chi connectivity index (χ0v) is 18.3. The van der Waals surface area contributed by atoms with Crippen LogP contribution in [0.5, 0.6) is 0 Å². The summed E-state index contributed by atoms with van der Waals surface area (Å²) in [5, 5.41) is 4.52. The Kier molecular flexibility index (Phi) is 5.67. The van der Waals surface area contributed by atoms with Gasteiger partial charge in [0.15, 0.2) is 5.78 Å². The molecule has 0 amide bonds. The van der Waals surface area contributed by atoms with E-state index in [1.807, 2.05) is 4.57 Å². The van der Waals surface area contributed by atoms with Gasteiger partial charge < -0.3 is 0 Å². The van der Waals surface area contributed by atoms with Crippen molar-refractivity contribution >= 4 is 15.8 Å². The van der Waals surface area contributed by atoms with Crippen LogP contribution in [-0.4, -0.2) is 45.9 Å². The maximum absolute atomic E-state index is 13.0. The fourth-order valence-electron chi connectivity index (χ4n) is 4.65. The number of aromatic nitrogens is 3. The van der Waals surface area contributed by atoms with E-state index in [0.29, 0.717) is 31.5 Å². The van der Waals surface area contributed by atoms with Crippen LogP contribution in [0, 0.1) is 0 Å². The number of hydrogen-bond acceptors (Lipinski definition) is 5. The maximum atomic E-state index is 13.0. The lowest BCUT2D eigenvalue weighted by Crippen LogP contribution is -2.38. The number of ketones is 1. The molecule has 1 saturated carbocycles. The Morgan fingerprint density at radius 2 is 1.63 bits per heavy atom. The van der Waals surface area contributed by atoms with Crippen LogP contribution in [0.4, 0.5) is 0 Å². The average Bonchev–Trinajstić information content (AvgIpc) is 3.36. The number of piperidine rings is 1. The Labute approximate surface area is 176 Å². The molecule has 9 heteroatoms. The van der Waals surface area contributed by atoms with E-state index >= 15 is 0 Å². The molecule has 0 atom stereocenters. The van der Waals surface area contributed by atoms with Gasteiger partial charge >= 0.3 is 5.69 Å². The number of benzene rings is 1. The van der Waals surface area contributed by atoms with Gasteiger partial charge in [-0.05, 0) is 44.7 Å². The molecule has 0 bridgehead atoms. The lowest BCUT2D eigenvalue weighted by Gasteiger charge is -2.31. The first-order valence-corrected chi connectivity index (χ1v) is 12.0. The first-order valence-electron chi connectivity index (χ1n) is 10.6. The van der Waals surface area contributed by atoms with E-state index in [4.69, 9.17) is 0 Å². The maximum Gasteiger partial charge on any atom is 0.345 e. The number of carbonyl (C=O) groups is 1. The highest BCUT2D eigenvalue weighted by Crippen LogP contribution is 2.34. The molecule has 4 rings (SSSR count). The highest BCUT2D eigenvalue weighted by molar-refractivity contribution is 7.89. The lowest BCUT2D eigenvalue weighted by molar-refractivity contribution is 0.101. The first kappa shape index (κ1) is 21.0. The van der Waals surface area contributed by atoms with Gasteiger partial charge in [-0.2, -0.15) is 9.40 Å². The summed E-state index contributed by atoms with van der Waals surface area (Å²) in [6.07, 6.45) is 5.53. The van der Waals surface area contributed by atoms with Gasteiger partial charge in [-0.25, -0.2) is 17.9 Å².